The van der Waals surface area contributed by atoms with Crippen LogP contribution >= 0.6 is 0 Å². The molecule has 0 aliphatic rings. The molecule has 5 heteroatoms. The Morgan fingerprint density at radius 3 is 2.21 bits per heavy atom. The van der Waals surface area contributed by atoms with Gasteiger partial charge in [0.2, 0.25) is 0 Å². The van der Waals surface area contributed by atoms with Crippen molar-refractivity contribution in [2.75, 3.05) is 27.2 Å². The molecule has 2 aromatic carbocycles. The summed E-state index contributed by atoms with van der Waals surface area (Å²) in [4.78, 5) is 18.2. The van der Waals surface area contributed by atoms with Gasteiger partial charge in [-0.15, -0.1) is 0 Å². The number of carbonyl (C=O) groups excluding carboxylic acids is 1. The zero-order chi connectivity index (χ0) is 20.6. The van der Waals surface area contributed by atoms with E-state index in [1.807, 2.05) is 30.3 Å². The summed E-state index contributed by atoms with van der Waals surface area (Å²) in [5.74, 6) is 0.799. The summed E-state index contributed by atoms with van der Waals surface area (Å²) < 4.78 is 0. The molecule has 0 saturated heterocycles. The van der Waals surface area contributed by atoms with Crippen LogP contribution in [0.2, 0.25) is 0 Å². The molecule has 0 bridgehead atoms. The Hall–Kier alpha value is -2.82. The van der Waals surface area contributed by atoms with Crippen molar-refractivity contribution in [3.63, 3.8) is 0 Å². The molecule has 5 nitrogen and oxygen atoms in total. The summed E-state index contributed by atoms with van der Waals surface area (Å²) in [7, 11) is 3.51. The van der Waals surface area contributed by atoms with Crippen molar-refractivity contribution >= 4 is 11.9 Å². The van der Waals surface area contributed by atoms with E-state index in [0.29, 0.717) is 12.1 Å². The molecule has 0 atom stereocenters. The van der Waals surface area contributed by atoms with Crippen LogP contribution < -0.4 is 10.6 Å². The number of rotatable bonds is 7. The highest BCUT2D eigenvalue weighted by Crippen LogP contribution is 2.21. The van der Waals surface area contributed by atoms with Crippen molar-refractivity contribution in [1.82, 2.24) is 15.5 Å². The van der Waals surface area contributed by atoms with Crippen molar-refractivity contribution in [2.45, 2.75) is 32.7 Å². The largest absolute Gasteiger partial charge is 0.357 e. The van der Waals surface area contributed by atoms with Gasteiger partial charge in [-0.2, -0.15) is 0 Å². The van der Waals surface area contributed by atoms with Gasteiger partial charge in [0.1, 0.15) is 0 Å². The second kappa shape index (κ2) is 9.93. The maximum atomic E-state index is 12.0. The van der Waals surface area contributed by atoms with Crippen LogP contribution in [0.15, 0.2) is 59.6 Å². The van der Waals surface area contributed by atoms with E-state index < -0.39 is 0 Å². The van der Waals surface area contributed by atoms with Crippen molar-refractivity contribution in [3.8, 4) is 0 Å². The normalized spacial score (nSPS) is 11.8. The third-order valence-electron chi connectivity index (χ3n) is 4.62. The lowest BCUT2D eigenvalue weighted by Crippen LogP contribution is -2.43. The number of amides is 1. The lowest BCUT2D eigenvalue weighted by atomic mass is 9.85. The quantitative estimate of drug-likeness (QED) is 0.572. The summed E-state index contributed by atoms with van der Waals surface area (Å²) in [5.41, 5.74) is 3.03. The van der Waals surface area contributed by atoms with Gasteiger partial charge in [0.05, 0.1) is 6.54 Å². The molecule has 2 rings (SSSR count). The summed E-state index contributed by atoms with van der Waals surface area (Å²) in [6.07, 6.45) is 0. The number of hydrogen-bond donors (Lipinski definition) is 2. The van der Waals surface area contributed by atoms with Crippen LogP contribution in [0.4, 0.5) is 0 Å². The van der Waals surface area contributed by atoms with Gasteiger partial charge in [-0.1, -0.05) is 56.3 Å². The number of aliphatic imine (C=N–C) groups is 1. The second-order valence-corrected chi connectivity index (χ2v) is 7.70. The van der Waals surface area contributed by atoms with Gasteiger partial charge in [0, 0.05) is 38.2 Å². The fraction of sp³-hybridized carbons (Fsp3) is 0.391. The minimum absolute atomic E-state index is 0.00759. The van der Waals surface area contributed by atoms with Crippen molar-refractivity contribution < 1.29 is 4.79 Å². The summed E-state index contributed by atoms with van der Waals surface area (Å²) in [5, 5.41) is 6.75. The lowest BCUT2D eigenvalue weighted by Gasteiger charge is -2.26. The number of hydrogen-bond acceptors (Lipinski definition) is 2. The maximum Gasteiger partial charge on any atom is 0.253 e. The predicted octanol–water partition coefficient (Wildman–Crippen LogP) is 3.42. The molecule has 0 unspecified atom stereocenters. The molecule has 0 aliphatic heterocycles. The Labute approximate surface area is 168 Å². The van der Waals surface area contributed by atoms with Crippen LogP contribution in [0.3, 0.4) is 0 Å². The number of carbonyl (C=O) groups is 1. The van der Waals surface area contributed by atoms with Gasteiger partial charge in [-0.3, -0.25) is 4.79 Å². The van der Waals surface area contributed by atoms with Gasteiger partial charge in [-0.05, 0) is 30.2 Å². The molecule has 2 aromatic rings. The van der Waals surface area contributed by atoms with Gasteiger partial charge >= 0.3 is 0 Å². The van der Waals surface area contributed by atoms with Crippen molar-refractivity contribution in [2.24, 2.45) is 4.99 Å². The fourth-order valence-corrected chi connectivity index (χ4v) is 2.82. The van der Waals surface area contributed by atoms with Crippen LogP contribution in [-0.2, 0) is 12.0 Å². The minimum Gasteiger partial charge on any atom is -0.357 e. The van der Waals surface area contributed by atoms with Gasteiger partial charge in [0.15, 0.2) is 5.96 Å². The second-order valence-electron chi connectivity index (χ2n) is 7.70. The minimum atomic E-state index is -0.00829. The van der Waals surface area contributed by atoms with Crippen molar-refractivity contribution in [3.05, 3.63) is 71.3 Å². The Balaban J connectivity index is 2.01. The molecular weight excluding hydrogens is 348 g/mol. The number of nitrogens with one attached hydrogen (secondary N) is 2. The SMILES string of the molecule is CCNC(=NCc1ccc(C(=O)N(C)C)cc1)NCC(C)(C)c1ccccc1. The average Bonchev–Trinajstić information content (AvgIpc) is 2.70. The van der Waals surface area contributed by atoms with E-state index in [0.717, 1.165) is 24.6 Å². The smallest absolute Gasteiger partial charge is 0.253 e. The van der Waals surface area contributed by atoms with Crippen LogP contribution in [0.5, 0.6) is 0 Å². The highest BCUT2D eigenvalue weighted by molar-refractivity contribution is 5.93. The monoisotopic (exact) mass is 380 g/mol. The van der Waals surface area contributed by atoms with E-state index in [1.165, 1.54) is 5.56 Å². The summed E-state index contributed by atoms with van der Waals surface area (Å²) >= 11 is 0. The first kappa shape index (κ1) is 21.5. The summed E-state index contributed by atoms with van der Waals surface area (Å²) in [6.45, 7) is 8.63. The fourth-order valence-electron chi connectivity index (χ4n) is 2.82. The van der Waals surface area contributed by atoms with E-state index in [2.05, 4.69) is 60.7 Å². The van der Waals surface area contributed by atoms with Crippen LogP contribution in [0.1, 0.15) is 42.3 Å². The zero-order valence-electron chi connectivity index (χ0n) is 17.6. The molecule has 0 fully saturated rings. The first-order valence-electron chi connectivity index (χ1n) is 9.72. The molecule has 150 valence electrons. The van der Waals surface area contributed by atoms with Gasteiger partial charge in [-0.25, -0.2) is 4.99 Å². The Morgan fingerprint density at radius 2 is 1.64 bits per heavy atom. The van der Waals surface area contributed by atoms with E-state index in [4.69, 9.17) is 0 Å². The first-order chi connectivity index (χ1) is 13.3. The van der Waals surface area contributed by atoms with E-state index in [9.17, 15) is 4.79 Å². The molecule has 0 radical (unpaired) electrons. The zero-order valence-corrected chi connectivity index (χ0v) is 17.6. The van der Waals surface area contributed by atoms with Gasteiger partial charge in [0.25, 0.3) is 5.91 Å². The molecule has 1 amide bonds. The molecular formula is C23H32N4O. The average molecular weight is 381 g/mol. The maximum absolute atomic E-state index is 12.0. The van der Waals surface area contributed by atoms with E-state index in [-0.39, 0.29) is 11.3 Å². The lowest BCUT2D eigenvalue weighted by molar-refractivity contribution is 0.0827. The van der Waals surface area contributed by atoms with Crippen LogP contribution in [-0.4, -0.2) is 44.0 Å². The molecule has 0 aliphatic carbocycles. The number of benzene rings is 2. The van der Waals surface area contributed by atoms with E-state index in [1.54, 1.807) is 19.0 Å². The third-order valence-corrected chi connectivity index (χ3v) is 4.62. The highest BCUT2D eigenvalue weighted by Gasteiger charge is 2.20. The Morgan fingerprint density at radius 1 is 1.00 bits per heavy atom. The Bertz CT molecular complexity index is 780. The van der Waals surface area contributed by atoms with E-state index >= 15 is 0 Å². The topological polar surface area (TPSA) is 56.7 Å². The standard InChI is InChI=1S/C23H32N4O/c1-6-24-22(26-17-23(2,3)20-10-8-7-9-11-20)25-16-18-12-14-19(15-13-18)21(28)27(4)5/h7-15H,6,16-17H2,1-5H3,(H2,24,25,26). The predicted molar refractivity (Wildman–Crippen MR) is 117 cm³/mol. The number of nitrogens with zero attached hydrogens (tertiary/aromatic N) is 2. The molecule has 0 spiro atoms. The highest BCUT2D eigenvalue weighted by atomic mass is 16.2. The van der Waals surface area contributed by atoms with Crippen molar-refractivity contribution in [1.29, 1.82) is 0 Å². The van der Waals surface area contributed by atoms with Crippen LogP contribution in [0.25, 0.3) is 0 Å². The molecule has 0 aromatic heterocycles. The van der Waals surface area contributed by atoms with Gasteiger partial charge < -0.3 is 15.5 Å². The molecule has 2 N–H and O–H groups in total. The molecule has 0 saturated carbocycles. The Kier molecular flexibility index (Phi) is 7.61. The third kappa shape index (κ3) is 6.12. The molecule has 0 heterocycles. The molecule has 28 heavy (non-hydrogen) atoms. The summed E-state index contributed by atoms with van der Waals surface area (Å²) in [6, 6.07) is 18.1. The number of guanidine groups is 1. The first-order valence-corrected chi connectivity index (χ1v) is 9.72. The van der Waals surface area contributed by atoms with Crippen LogP contribution in [0, 0.1) is 0 Å².